The van der Waals surface area contributed by atoms with Crippen LogP contribution in [0.3, 0.4) is 0 Å². The molecule has 2 aromatic rings. The van der Waals surface area contributed by atoms with E-state index in [2.05, 4.69) is 21.4 Å². The van der Waals surface area contributed by atoms with Crippen LogP contribution in [0.5, 0.6) is 5.75 Å². The molecule has 1 N–H and O–H groups in total. The van der Waals surface area contributed by atoms with Crippen molar-refractivity contribution < 1.29 is 14.3 Å². The van der Waals surface area contributed by atoms with E-state index >= 15 is 0 Å². The number of amides is 1. The predicted octanol–water partition coefficient (Wildman–Crippen LogP) is 3.39. The van der Waals surface area contributed by atoms with Crippen LogP contribution in [0, 0.1) is 11.3 Å². The summed E-state index contributed by atoms with van der Waals surface area (Å²) in [6.45, 7) is 1.31. The van der Waals surface area contributed by atoms with Crippen LogP contribution in [0.2, 0.25) is 0 Å². The van der Waals surface area contributed by atoms with Crippen LogP contribution in [-0.4, -0.2) is 41.4 Å². The molecule has 3 aliphatic rings. The number of nitrogens with one attached hydrogen (secondary N) is 1. The van der Waals surface area contributed by atoms with Crippen LogP contribution in [0.4, 0.5) is 0 Å². The molecule has 1 amide bonds. The topological polar surface area (TPSA) is 96.6 Å². The standard InChI is InChI=1S/C22H20N4O3S/c23-11-14-12-24-18-4-1-13(9-17(18)20(14)29-16-5-7-28-8-6-16)10-19-21(27)26-22(30-19)25-15-2-3-15/h1,4,9-10,12,15-16H,2-3,5-8H2,(H,25,26,27). The van der Waals surface area contributed by atoms with Crippen molar-refractivity contribution in [3.05, 3.63) is 40.4 Å². The third kappa shape index (κ3) is 4.04. The molecule has 0 atom stereocenters. The molecular formula is C22H20N4O3S. The maximum atomic E-state index is 12.3. The molecule has 1 aromatic heterocycles. The van der Waals surface area contributed by atoms with E-state index in [9.17, 15) is 10.1 Å². The summed E-state index contributed by atoms with van der Waals surface area (Å²) in [6, 6.07) is 8.27. The highest BCUT2D eigenvalue weighted by atomic mass is 32.2. The van der Waals surface area contributed by atoms with E-state index in [1.54, 1.807) is 6.20 Å². The van der Waals surface area contributed by atoms with Crippen LogP contribution in [-0.2, 0) is 9.53 Å². The van der Waals surface area contributed by atoms with Crippen molar-refractivity contribution in [3.63, 3.8) is 0 Å². The molecule has 0 radical (unpaired) electrons. The molecule has 5 rings (SSSR count). The first-order chi connectivity index (χ1) is 14.7. The van der Waals surface area contributed by atoms with Crippen molar-refractivity contribution in [1.29, 1.82) is 5.26 Å². The third-order valence-corrected chi connectivity index (χ3v) is 6.14. The van der Waals surface area contributed by atoms with Gasteiger partial charge in [-0.05, 0) is 48.4 Å². The molecule has 8 heteroatoms. The highest BCUT2D eigenvalue weighted by molar-refractivity contribution is 8.18. The van der Waals surface area contributed by atoms with Gasteiger partial charge in [0.25, 0.3) is 5.91 Å². The van der Waals surface area contributed by atoms with Gasteiger partial charge in [0, 0.05) is 24.4 Å². The normalized spacial score (nSPS) is 22.4. The van der Waals surface area contributed by atoms with Crippen LogP contribution in [0.25, 0.3) is 17.0 Å². The van der Waals surface area contributed by atoms with Gasteiger partial charge in [0.05, 0.1) is 29.7 Å². The molecule has 1 saturated carbocycles. The highest BCUT2D eigenvalue weighted by Crippen LogP contribution is 2.34. The number of hydrogen-bond donors (Lipinski definition) is 1. The van der Waals surface area contributed by atoms with Crippen LogP contribution in [0.15, 0.2) is 34.3 Å². The zero-order valence-electron chi connectivity index (χ0n) is 16.3. The second-order valence-electron chi connectivity index (χ2n) is 7.55. The van der Waals surface area contributed by atoms with E-state index in [4.69, 9.17) is 9.47 Å². The molecule has 7 nitrogen and oxygen atoms in total. The predicted molar refractivity (Wildman–Crippen MR) is 115 cm³/mol. The fourth-order valence-electron chi connectivity index (χ4n) is 3.45. The first-order valence-corrected chi connectivity index (χ1v) is 10.9. The number of pyridine rings is 1. The molecule has 2 aliphatic heterocycles. The molecule has 1 aromatic carbocycles. The van der Waals surface area contributed by atoms with Gasteiger partial charge in [-0.3, -0.25) is 14.8 Å². The first-order valence-electron chi connectivity index (χ1n) is 10.1. The summed E-state index contributed by atoms with van der Waals surface area (Å²) < 4.78 is 11.6. The van der Waals surface area contributed by atoms with Gasteiger partial charge < -0.3 is 14.8 Å². The zero-order chi connectivity index (χ0) is 20.5. The number of hydrogen-bond acceptors (Lipinski definition) is 7. The van der Waals surface area contributed by atoms with Crippen LogP contribution in [0.1, 0.15) is 36.8 Å². The Hall–Kier alpha value is -2.89. The largest absolute Gasteiger partial charge is 0.488 e. The number of thioether (sulfide) groups is 1. The molecule has 0 unspecified atom stereocenters. The molecule has 0 spiro atoms. The number of benzene rings is 1. The first kappa shape index (κ1) is 19.1. The van der Waals surface area contributed by atoms with Crippen molar-refractivity contribution in [3.8, 4) is 11.8 Å². The Morgan fingerprint density at radius 2 is 2.13 bits per heavy atom. The highest BCUT2D eigenvalue weighted by Gasteiger charge is 2.28. The number of nitrogens with zero attached hydrogens (tertiary/aromatic N) is 3. The van der Waals surface area contributed by atoms with Crippen molar-refractivity contribution in [1.82, 2.24) is 10.3 Å². The molecule has 3 heterocycles. The SMILES string of the molecule is N#Cc1cnc2ccc(C=C3SC(=NC4CC4)NC3=O)cc2c1OC1CCOCC1. The summed E-state index contributed by atoms with van der Waals surface area (Å²) in [5.41, 5.74) is 2.00. The van der Waals surface area contributed by atoms with Crippen LogP contribution < -0.4 is 10.1 Å². The molecular weight excluding hydrogens is 400 g/mol. The summed E-state index contributed by atoms with van der Waals surface area (Å²) in [7, 11) is 0. The lowest BCUT2D eigenvalue weighted by atomic mass is 10.1. The summed E-state index contributed by atoms with van der Waals surface area (Å²) in [4.78, 5) is 21.8. The average molecular weight is 420 g/mol. The molecule has 1 aliphatic carbocycles. The van der Waals surface area contributed by atoms with E-state index in [0.29, 0.717) is 40.6 Å². The second kappa shape index (κ2) is 8.09. The lowest BCUT2D eigenvalue weighted by molar-refractivity contribution is -0.115. The Kier molecular flexibility index (Phi) is 5.15. The Morgan fingerprint density at radius 3 is 2.90 bits per heavy atom. The summed E-state index contributed by atoms with van der Waals surface area (Å²) in [5, 5.41) is 13.8. The summed E-state index contributed by atoms with van der Waals surface area (Å²) in [6.07, 6.45) is 7.16. The number of rotatable bonds is 4. The third-order valence-electron chi connectivity index (χ3n) is 5.21. The minimum Gasteiger partial charge on any atom is -0.488 e. The smallest absolute Gasteiger partial charge is 0.264 e. The lowest BCUT2D eigenvalue weighted by Gasteiger charge is -2.24. The van der Waals surface area contributed by atoms with Gasteiger partial charge in [0.1, 0.15) is 23.5 Å². The van der Waals surface area contributed by atoms with Crippen molar-refractivity contribution in [2.24, 2.45) is 4.99 Å². The minimum absolute atomic E-state index is 0.0100. The maximum absolute atomic E-state index is 12.3. The Bertz CT molecular complexity index is 1110. The number of aromatic nitrogens is 1. The lowest BCUT2D eigenvalue weighted by Crippen LogP contribution is -2.26. The van der Waals surface area contributed by atoms with Gasteiger partial charge in [-0.1, -0.05) is 6.07 Å². The average Bonchev–Trinajstić information content (AvgIpc) is 3.51. The number of nitriles is 1. The molecule has 30 heavy (non-hydrogen) atoms. The van der Waals surface area contributed by atoms with Gasteiger partial charge in [-0.2, -0.15) is 5.26 Å². The van der Waals surface area contributed by atoms with E-state index < -0.39 is 0 Å². The monoisotopic (exact) mass is 420 g/mol. The number of ether oxygens (including phenoxy) is 2. The number of amidine groups is 1. The van der Waals surface area contributed by atoms with Gasteiger partial charge in [-0.25, -0.2) is 0 Å². The van der Waals surface area contributed by atoms with E-state index in [-0.39, 0.29) is 12.0 Å². The number of carbonyl (C=O) groups is 1. The Balaban J connectivity index is 1.49. The number of fused-ring (bicyclic) bond motifs is 1. The Labute approximate surface area is 178 Å². The van der Waals surface area contributed by atoms with Crippen molar-refractivity contribution in [2.75, 3.05) is 13.2 Å². The molecule has 3 fully saturated rings. The molecule has 2 saturated heterocycles. The van der Waals surface area contributed by atoms with Gasteiger partial charge in [0.2, 0.25) is 0 Å². The summed E-state index contributed by atoms with van der Waals surface area (Å²) in [5.74, 6) is 0.413. The maximum Gasteiger partial charge on any atom is 0.264 e. The summed E-state index contributed by atoms with van der Waals surface area (Å²) >= 11 is 1.37. The quantitative estimate of drug-likeness (QED) is 0.762. The number of aliphatic imine (C=N–C) groups is 1. The van der Waals surface area contributed by atoms with Crippen molar-refractivity contribution >= 4 is 39.8 Å². The van der Waals surface area contributed by atoms with E-state index in [1.807, 2.05) is 24.3 Å². The number of carbonyl (C=O) groups excluding carboxylic acids is 1. The van der Waals surface area contributed by atoms with Crippen molar-refractivity contribution in [2.45, 2.75) is 37.8 Å². The Morgan fingerprint density at radius 1 is 1.30 bits per heavy atom. The second-order valence-corrected chi connectivity index (χ2v) is 8.58. The minimum atomic E-state index is -0.137. The molecule has 0 bridgehead atoms. The van der Waals surface area contributed by atoms with Gasteiger partial charge in [0.15, 0.2) is 5.17 Å². The zero-order valence-corrected chi connectivity index (χ0v) is 17.1. The fraction of sp³-hybridized carbons (Fsp3) is 0.364. The fourth-order valence-corrected chi connectivity index (χ4v) is 4.34. The van der Waals surface area contributed by atoms with E-state index in [1.165, 1.54) is 11.8 Å². The van der Waals surface area contributed by atoms with Crippen LogP contribution >= 0.6 is 11.8 Å². The van der Waals surface area contributed by atoms with E-state index in [0.717, 1.165) is 42.1 Å². The van der Waals surface area contributed by atoms with Gasteiger partial charge in [-0.15, -0.1) is 0 Å². The van der Waals surface area contributed by atoms with Gasteiger partial charge >= 0.3 is 0 Å². The molecule has 152 valence electrons.